The lowest BCUT2D eigenvalue weighted by molar-refractivity contribution is 0.372. The van der Waals surface area contributed by atoms with E-state index in [0.29, 0.717) is 23.2 Å². The van der Waals surface area contributed by atoms with E-state index in [1.807, 2.05) is 12.1 Å². The molecule has 128 valence electrons. The zero-order valence-electron chi connectivity index (χ0n) is 14.1. The molecule has 0 unspecified atom stereocenters. The van der Waals surface area contributed by atoms with Crippen LogP contribution in [0.15, 0.2) is 18.2 Å². The van der Waals surface area contributed by atoms with Crippen molar-refractivity contribution in [2.45, 2.75) is 50.6 Å². The summed E-state index contributed by atoms with van der Waals surface area (Å²) in [6.45, 7) is 0. The molecular weight excluding hydrogens is 312 g/mol. The molecule has 2 aliphatic rings. The number of anilines is 1. The fourth-order valence-corrected chi connectivity index (χ4v) is 3.78. The van der Waals surface area contributed by atoms with Crippen molar-refractivity contribution in [2.75, 3.05) is 5.32 Å². The van der Waals surface area contributed by atoms with E-state index in [-0.39, 0.29) is 5.75 Å². The van der Waals surface area contributed by atoms with Crippen molar-refractivity contribution in [3.8, 4) is 29.4 Å². The van der Waals surface area contributed by atoms with Gasteiger partial charge in [-0.15, -0.1) is 16.6 Å². The Balaban J connectivity index is 1.73. The Labute approximate surface area is 147 Å². The van der Waals surface area contributed by atoms with E-state index < -0.39 is 0 Å². The molecule has 0 amide bonds. The van der Waals surface area contributed by atoms with Gasteiger partial charge >= 0.3 is 0 Å². The van der Waals surface area contributed by atoms with Gasteiger partial charge in [-0.05, 0) is 62.3 Å². The van der Waals surface area contributed by atoms with Crippen molar-refractivity contribution >= 4 is 5.82 Å². The van der Waals surface area contributed by atoms with Gasteiger partial charge in [0.25, 0.3) is 0 Å². The van der Waals surface area contributed by atoms with E-state index in [1.165, 1.54) is 11.1 Å². The zero-order chi connectivity index (χ0) is 17.4. The Hall–Kier alpha value is -2.58. The number of nitrogens with one attached hydrogen (secondary N) is 1. The molecule has 5 heteroatoms. The summed E-state index contributed by atoms with van der Waals surface area (Å²) in [4.78, 5) is 0. The number of nitrogens with two attached hydrogens (primary N) is 1. The number of terminal acetylenes is 1. The highest BCUT2D eigenvalue weighted by Gasteiger charge is 2.28. The van der Waals surface area contributed by atoms with Gasteiger partial charge in [0.1, 0.15) is 11.4 Å². The van der Waals surface area contributed by atoms with Crippen molar-refractivity contribution in [2.24, 2.45) is 5.73 Å². The molecule has 0 atom stereocenters. The van der Waals surface area contributed by atoms with Gasteiger partial charge in [-0.1, -0.05) is 5.92 Å². The molecule has 1 aromatic heterocycles. The number of aromatic nitrogens is 2. The van der Waals surface area contributed by atoms with Crippen LogP contribution in [-0.2, 0) is 12.8 Å². The lowest BCUT2D eigenvalue weighted by Crippen LogP contribution is -2.44. The lowest BCUT2D eigenvalue weighted by Gasteiger charge is -2.34. The molecular formula is C20H22N4O. The summed E-state index contributed by atoms with van der Waals surface area (Å²) < 4.78 is 0. The second-order valence-electron chi connectivity index (χ2n) is 7.01. The Morgan fingerprint density at radius 2 is 1.92 bits per heavy atom. The highest BCUT2D eigenvalue weighted by Crippen LogP contribution is 2.37. The van der Waals surface area contributed by atoms with Gasteiger partial charge < -0.3 is 16.2 Å². The number of fused-ring (bicyclic) bond motifs is 1. The highest BCUT2D eigenvalue weighted by molar-refractivity contribution is 5.73. The number of aromatic hydroxyl groups is 1. The first kappa shape index (κ1) is 15.9. The standard InChI is InChI=1S/C20H22N4O/c1-2-12-7-8-17(18(25)9-12)19-15-5-3-4-6-16(15)20(24-23-19)22-14-10-13(21)11-14/h1,7-9,13-14,25H,3-6,10-11,21H2,(H,22,24). The van der Waals surface area contributed by atoms with E-state index in [0.717, 1.165) is 50.0 Å². The predicted molar refractivity (Wildman–Crippen MR) is 98.3 cm³/mol. The SMILES string of the molecule is C#Cc1ccc(-c2nnc(NC3CC(N)C3)c3c2CCCC3)c(O)c1. The number of phenolic OH excluding ortho intramolecular Hbond substituents is 1. The van der Waals surface area contributed by atoms with Crippen molar-refractivity contribution in [1.29, 1.82) is 0 Å². The molecule has 1 heterocycles. The minimum absolute atomic E-state index is 0.156. The maximum absolute atomic E-state index is 10.4. The molecule has 25 heavy (non-hydrogen) atoms. The lowest BCUT2D eigenvalue weighted by atomic mass is 9.86. The highest BCUT2D eigenvalue weighted by atomic mass is 16.3. The third-order valence-corrected chi connectivity index (χ3v) is 5.22. The molecule has 0 bridgehead atoms. The van der Waals surface area contributed by atoms with Gasteiger partial charge in [0.15, 0.2) is 5.82 Å². The molecule has 4 N–H and O–H groups in total. The minimum Gasteiger partial charge on any atom is -0.507 e. The molecule has 0 radical (unpaired) electrons. The van der Waals surface area contributed by atoms with Gasteiger partial charge in [0.2, 0.25) is 0 Å². The van der Waals surface area contributed by atoms with E-state index in [1.54, 1.807) is 6.07 Å². The summed E-state index contributed by atoms with van der Waals surface area (Å²) in [6.07, 6.45) is 11.6. The van der Waals surface area contributed by atoms with Crippen molar-refractivity contribution in [3.63, 3.8) is 0 Å². The van der Waals surface area contributed by atoms with E-state index >= 15 is 0 Å². The maximum Gasteiger partial charge on any atom is 0.152 e. The quantitative estimate of drug-likeness (QED) is 0.752. The van der Waals surface area contributed by atoms with Crippen LogP contribution < -0.4 is 11.1 Å². The Bertz CT molecular complexity index is 850. The molecule has 4 rings (SSSR count). The summed E-state index contributed by atoms with van der Waals surface area (Å²) >= 11 is 0. The zero-order valence-corrected chi connectivity index (χ0v) is 14.1. The molecule has 2 aromatic rings. The van der Waals surface area contributed by atoms with Crippen molar-refractivity contribution in [1.82, 2.24) is 10.2 Å². The largest absolute Gasteiger partial charge is 0.507 e. The first-order valence-corrected chi connectivity index (χ1v) is 8.86. The second kappa shape index (κ2) is 6.38. The van der Waals surface area contributed by atoms with Crippen LogP contribution in [0.1, 0.15) is 42.4 Å². The van der Waals surface area contributed by atoms with Crippen molar-refractivity contribution in [3.05, 3.63) is 34.9 Å². The third-order valence-electron chi connectivity index (χ3n) is 5.22. The van der Waals surface area contributed by atoms with Crippen LogP contribution in [0.4, 0.5) is 5.82 Å². The van der Waals surface area contributed by atoms with E-state index in [4.69, 9.17) is 12.2 Å². The topological polar surface area (TPSA) is 84.1 Å². The number of nitrogens with zero attached hydrogens (tertiary/aromatic N) is 2. The van der Waals surface area contributed by atoms with Crippen LogP contribution in [0.25, 0.3) is 11.3 Å². The molecule has 1 saturated carbocycles. The van der Waals surface area contributed by atoms with Gasteiger partial charge in [-0.2, -0.15) is 0 Å². The number of hydrogen-bond donors (Lipinski definition) is 3. The van der Waals surface area contributed by atoms with E-state index in [2.05, 4.69) is 21.4 Å². The van der Waals surface area contributed by atoms with E-state index in [9.17, 15) is 5.11 Å². The second-order valence-corrected chi connectivity index (χ2v) is 7.01. The summed E-state index contributed by atoms with van der Waals surface area (Å²) in [6, 6.07) is 5.96. The average Bonchev–Trinajstić information content (AvgIpc) is 2.61. The summed E-state index contributed by atoms with van der Waals surface area (Å²) in [5, 5.41) is 22.8. The monoisotopic (exact) mass is 334 g/mol. The maximum atomic E-state index is 10.4. The summed E-state index contributed by atoms with van der Waals surface area (Å²) in [5.74, 6) is 3.58. The van der Waals surface area contributed by atoms with Crippen LogP contribution in [0, 0.1) is 12.3 Å². The fourth-order valence-electron chi connectivity index (χ4n) is 3.78. The Kier molecular flexibility index (Phi) is 4.06. The predicted octanol–water partition coefficient (Wildman–Crippen LogP) is 2.61. The minimum atomic E-state index is 0.156. The first-order chi connectivity index (χ1) is 12.2. The molecule has 0 saturated heterocycles. The number of phenols is 1. The van der Waals surface area contributed by atoms with Gasteiger partial charge in [0, 0.05) is 28.8 Å². The van der Waals surface area contributed by atoms with Gasteiger partial charge in [0.05, 0.1) is 0 Å². The van der Waals surface area contributed by atoms with Crippen LogP contribution >= 0.6 is 0 Å². The molecule has 5 nitrogen and oxygen atoms in total. The third kappa shape index (κ3) is 2.94. The van der Waals surface area contributed by atoms with Crippen LogP contribution in [0.2, 0.25) is 0 Å². The normalized spacial score (nSPS) is 21.8. The van der Waals surface area contributed by atoms with Gasteiger partial charge in [-0.25, -0.2) is 0 Å². The molecule has 1 aromatic carbocycles. The Morgan fingerprint density at radius 3 is 2.60 bits per heavy atom. The first-order valence-electron chi connectivity index (χ1n) is 8.86. The molecule has 1 fully saturated rings. The smallest absolute Gasteiger partial charge is 0.152 e. The van der Waals surface area contributed by atoms with Crippen LogP contribution in [0.5, 0.6) is 5.75 Å². The van der Waals surface area contributed by atoms with Crippen LogP contribution in [0.3, 0.4) is 0 Å². The fraction of sp³-hybridized carbons (Fsp3) is 0.400. The Morgan fingerprint density at radius 1 is 1.16 bits per heavy atom. The number of rotatable bonds is 3. The van der Waals surface area contributed by atoms with Crippen LogP contribution in [-0.4, -0.2) is 27.4 Å². The summed E-state index contributed by atoms with van der Waals surface area (Å²) in [7, 11) is 0. The number of benzene rings is 1. The molecule has 0 spiro atoms. The summed E-state index contributed by atoms with van der Waals surface area (Å²) in [5.41, 5.74) is 10.4. The van der Waals surface area contributed by atoms with Gasteiger partial charge in [-0.3, -0.25) is 0 Å². The molecule has 2 aliphatic carbocycles. The number of hydrogen-bond acceptors (Lipinski definition) is 5. The molecule has 0 aliphatic heterocycles. The van der Waals surface area contributed by atoms with Crippen molar-refractivity contribution < 1.29 is 5.11 Å². The average molecular weight is 334 g/mol.